The van der Waals surface area contributed by atoms with Gasteiger partial charge in [0.2, 0.25) is 47.3 Å². The highest BCUT2D eigenvalue weighted by Crippen LogP contribution is 2.19. The maximum absolute atomic E-state index is 13.2. The first-order valence-electron chi connectivity index (χ1n) is 18.0. The first kappa shape index (κ1) is 50.4. The molecule has 0 aromatic rings. The van der Waals surface area contributed by atoms with Crippen LogP contribution in [0.3, 0.4) is 0 Å². The van der Waals surface area contributed by atoms with Gasteiger partial charge in [0, 0.05) is 19.5 Å². The van der Waals surface area contributed by atoms with E-state index in [1.807, 2.05) is 5.32 Å². The lowest BCUT2D eigenvalue weighted by molar-refractivity contribution is -0.147. The number of nitrogens with one attached hydrogen (secondary N) is 6. The Morgan fingerprint density at radius 1 is 0.746 bits per heavy atom. The molecule has 0 aromatic heterocycles. The lowest BCUT2D eigenvalue weighted by Crippen LogP contribution is -2.58. The Morgan fingerprint density at radius 2 is 1.37 bits per heavy atom. The van der Waals surface area contributed by atoms with Gasteiger partial charge in [-0.2, -0.15) is 0 Å². The molecule has 0 unspecified atom stereocenters. The largest absolute Gasteiger partial charge is 0.481 e. The fourth-order valence-corrected chi connectivity index (χ4v) is 5.42. The summed E-state index contributed by atoms with van der Waals surface area (Å²) in [6, 6.07) is -10.5. The minimum absolute atomic E-state index is 0.00590. The molecule has 18 N–H and O–H groups in total. The fourth-order valence-electron chi connectivity index (χ4n) is 5.42. The number of hydrogen-bond acceptors (Lipinski definition) is 14. The molecule has 1 rings (SSSR count). The van der Waals surface area contributed by atoms with Crippen LogP contribution in [0, 0.1) is 0 Å². The lowest BCUT2D eigenvalue weighted by Gasteiger charge is -2.28. The third-order valence-corrected chi connectivity index (χ3v) is 8.44. The number of likely N-dealkylation sites (tertiary alicyclic amines) is 1. The van der Waals surface area contributed by atoms with Gasteiger partial charge in [0.25, 0.3) is 0 Å². The van der Waals surface area contributed by atoms with E-state index in [4.69, 9.17) is 38.3 Å². The van der Waals surface area contributed by atoms with Crippen molar-refractivity contribution in [1.82, 2.24) is 36.8 Å². The van der Waals surface area contributed by atoms with E-state index in [0.29, 0.717) is 6.42 Å². The van der Waals surface area contributed by atoms with Gasteiger partial charge in [-0.3, -0.25) is 52.9 Å². The molecule has 0 saturated carbocycles. The molecule has 330 valence electrons. The first-order valence-corrected chi connectivity index (χ1v) is 18.0. The molecule has 1 saturated heterocycles. The number of aliphatic imine (C=N–C) groups is 1. The number of primary amides is 1. The van der Waals surface area contributed by atoms with Crippen molar-refractivity contribution in [2.24, 2.45) is 27.9 Å². The average Bonchev–Trinajstić information content (AvgIpc) is 3.64. The molecule has 0 aromatic carbocycles. The molecule has 8 amide bonds. The number of nitrogens with two attached hydrogens (primary N) is 4. The summed E-state index contributed by atoms with van der Waals surface area (Å²) in [5.74, 6) is -12.6. The molecule has 7 atom stereocenters. The van der Waals surface area contributed by atoms with Gasteiger partial charge >= 0.3 is 17.9 Å². The van der Waals surface area contributed by atoms with Crippen LogP contribution in [0.2, 0.25) is 0 Å². The van der Waals surface area contributed by atoms with Crippen LogP contribution in [0.15, 0.2) is 4.99 Å². The van der Waals surface area contributed by atoms with Crippen LogP contribution in [-0.2, 0) is 52.7 Å². The second-order valence-electron chi connectivity index (χ2n) is 13.2. The zero-order chi connectivity index (χ0) is 45.0. The first-order chi connectivity index (χ1) is 27.6. The fraction of sp³-hybridized carbons (Fsp3) is 0.625. The number of carboxylic acid groups (broad SMARTS) is 3. The van der Waals surface area contributed by atoms with Gasteiger partial charge < -0.3 is 80.2 Å². The Kier molecular flexibility index (Phi) is 21.2. The van der Waals surface area contributed by atoms with Gasteiger partial charge in [-0.25, -0.2) is 4.79 Å². The van der Waals surface area contributed by atoms with Gasteiger partial charge in [-0.15, -0.1) is 0 Å². The Labute approximate surface area is 335 Å². The van der Waals surface area contributed by atoms with Gasteiger partial charge in [0.05, 0.1) is 32.0 Å². The normalized spacial score (nSPS) is 16.3. The molecule has 1 fully saturated rings. The molecule has 0 bridgehead atoms. The minimum atomic E-state index is -1.90. The molecular formula is C32H52N12O15. The number of nitrogens with zero attached hydrogens (tertiary/aromatic N) is 2. The van der Waals surface area contributed by atoms with E-state index >= 15 is 0 Å². The third-order valence-electron chi connectivity index (χ3n) is 8.44. The second kappa shape index (κ2) is 24.9. The summed E-state index contributed by atoms with van der Waals surface area (Å²) in [5.41, 5.74) is 21.7. The number of carboxylic acids is 3. The SMILES string of the molecule is C[C@H](NC(=O)[C@H](CCCN=C(N)N)NC(=O)CNC(=O)[C@H](CC(N)=O)NC(=O)[C@@H]1CCCN1C(=O)[C@@H](N)CCC(=O)O)C(=O)N[C@@H](CO)C(=O)N[C@@H](CC(=O)O)C(=O)O. The highest BCUT2D eigenvalue weighted by atomic mass is 16.4. The Hall–Kier alpha value is -6.64. The van der Waals surface area contributed by atoms with Crippen molar-refractivity contribution in [3.8, 4) is 0 Å². The summed E-state index contributed by atoms with van der Waals surface area (Å²) in [5, 5.41) is 49.7. The van der Waals surface area contributed by atoms with Crippen molar-refractivity contribution in [3.05, 3.63) is 0 Å². The van der Waals surface area contributed by atoms with E-state index in [1.54, 1.807) is 0 Å². The quantitative estimate of drug-likeness (QED) is 0.0218. The summed E-state index contributed by atoms with van der Waals surface area (Å²) in [6.07, 6.45) is -1.84. The van der Waals surface area contributed by atoms with Gasteiger partial charge in [0.1, 0.15) is 36.3 Å². The van der Waals surface area contributed by atoms with Gasteiger partial charge in [0.15, 0.2) is 5.96 Å². The van der Waals surface area contributed by atoms with E-state index in [-0.39, 0.29) is 44.7 Å². The predicted octanol–water partition coefficient (Wildman–Crippen LogP) is -7.79. The summed E-state index contributed by atoms with van der Waals surface area (Å²) < 4.78 is 0. The number of aliphatic carboxylic acids is 3. The zero-order valence-corrected chi connectivity index (χ0v) is 32.0. The third kappa shape index (κ3) is 18.4. The highest BCUT2D eigenvalue weighted by Gasteiger charge is 2.38. The molecule has 0 radical (unpaired) electrons. The Bertz CT molecular complexity index is 1620. The molecule has 0 spiro atoms. The summed E-state index contributed by atoms with van der Waals surface area (Å²) in [4.78, 5) is 140. The summed E-state index contributed by atoms with van der Waals surface area (Å²) in [7, 11) is 0. The Balaban J connectivity index is 2.99. The lowest BCUT2D eigenvalue weighted by atomic mass is 10.1. The van der Waals surface area contributed by atoms with Crippen LogP contribution in [0.5, 0.6) is 0 Å². The van der Waals surface area contributed by atoms with Crippen molar-refractivity contribution < 1.29 is 73.2 Å². The van der Waals surface area contributed by atoms with Crippen LogP contribution in [0.25, 0.3) is 0 Å². The maximum Gasteiger partial charge on any atom is 0.326 e. The van der Waals surface area contributed by atoms with Crippen LogP contribution in [-0.4, -0.2) is 165 Å². The van der Waals surface area contributed by atoms with E-state index in [1.165, 1.54) is 0 Å². The number of rotatable bonds is 26. The molecule has 59 heavy (non-hydrogen) atoms. The second-order valence-corrected chi connectivity index (χ2v) is 13.2. The molecule has 1 heterocycles. The molecule has 0 aliphatic carbocycles. The maximum atomic E-state index is 13.2. The summed E-state index contributed by atoms with van der Waals surface area (Å²) in [6.45, 7) is -0.615. The van der Waals surface area contributed by atoms with Crippen LogP contribution in [0.1, 0.15) is 58.3 Å². The smallest absolute Gasteiger partial charge is 0.326 e. The standard InChI is InChI=1S/C32H52N12O15/c1-14(25(52)43-19(13-45)28(55)42-18(31(58)59)11-24(50)51)39-27(54)16(4-2-8-37-32(35)36)40-22(47)12-38-26(53)17(10-21(34)46)41-29(56)20-5-3-9-44(20)30(57)15(33)6-7-23(48)49/h14-20,45H,2-13,33H2,1H3,(H2,34,46)(H,38,53)(H,39,54)(H,40,47)(H,41,56)(H,42,55)(H,43,52)(H,48,49)(H,50,51)(H,58,59)(H4,35,36,37)/t14-,15-,16-,17-,18-,19-,20-/m0/s1. The topological polar surface area (TPSA) is 461 Å². The van der Waals surface area contributed by atoms with Crippen molar-refractivity contribution in [2.45, 2.75) is 101 Å². The Morgan fingerprint density at radius 3 is 1.93 bits per heavy atom. The molecule has 1 aliphatic rings. The number of carbonyl (C=O) groups excluding carboxylic acids is 8. The molecular weight excluding hydrogens is 792 g/mol. The van der Waals surface area contributed by atoms with Crippen molar-refractivity contribution in [2.75, 3.05) is 26.2 Å². The van der Waals surface area contributed by atoms with Gasteiger partial charge in [-0.1, -0.05) is 0 Å². The van der Waals surface area contributed by atoms with Crippen molar-refractivity contribution >= 4 is 71.1 Å². The van der Waals surface area contributed by atoms with E-state index in [2.05, 4.69) is 31.6 Å². The monoisotopic (exact) mass is 844 g/mol. The van der Waals surface area contributed by atoms with E-state index < -0.39 is 140 Å². The number of aliphatic hydroxyl groups is 1. The zero-order valence-electron chi connectivity index (χ0n) is 32.0. The number of hydrogen-bond donors (Lipinski definition) is 14. The molecule has 27 heteroatoms. The molecule has 1 aliphatic heterocycles. The predicted molar refractivity (Wildman–Crippen MR) is 199 cm³/mol. The minimum Gasteiger partial charge on any atom is -0.481 e. The number of carbonyl (C=O) groups is 11. The van der Waals surface area contributed by atoms with E-state index in [9.17, 15) is 57.8 Å². The number of guanidine groups is 1. The highest BCUT2D eigenvalue weighted by molar-refractivity contribution is 5.98. The summed E-state index contributed by atoms with van der Waals surface area (Å²) >= 11 is 0. The van der Waals surface area contributed by atoms with Gasteiger partial charge in [-0.05, 0) is 39.0 Å². The average molecular weight is 845 g/mol. The van der Waals surface area contributed by atoms with Crippen LogP contribution in [0.4, 0.5) is 0 Å². The van der Waals surface area contributed by atoms with Crippen LogP contribution < -0.4 is 54.8 Å². The number of aliphatic hydroxyl groups excluding tert-OH is 1. The van der Waals surface area contributed by atoms with Crippen molar-refractivity contribution in [1.29, 1.82) is 0 Å². The molecule has 27 nitrogen and oxygen atoms in total. The number of amides is 8. The van der Waals surface area contributed by atoms with Crippen molar-refractivity contribution in [3.63, 3.8) is 0 Å². The van der Waals surface area contributed by atoms with E-state index in [0.717, 1.165) is 11.8 Å². The van der Waals surface area contributed by atoms with Crippen LogP contribution >= 0.6 is 0 Å².